The van der Waals surface area contributed by atoms with Gasteiger partial charge in [-0.25, -0.2) is 4.79 Å². The Labute approximate surface area is 165 Å². The number of hydrogen-bond acceptors (Lipinski definition) is 5. The quantitative estimate of drug-likeness (QED) is 0.828. The van der Waals surface area contributed by atoms with Crippen LogP contribution in [0.3, 0.4) is 0 Å². The SMILES string of the molecule is COc1ccc(CNC(=O)N2CCN(c3ccc(OC)cc3OC)CC2)cc1. The number of nitrogens with zero attached hydrogens (tertiary/aromatic N) is 2. The predicted octanol–water partition coefficient (Wildman–Crippen LogP) is 2.74. The zero-order valence-corrected chi connectivity index (χ0v) is 16.6. The van der Waals surface area contributed by atoms with Crippen molar-refractivity contribution < 1.29 is 19.0 Å². The van der Waals surface area contributed by atoms with E-state index in [2.05, 4.69) is 10.2 Å². The van der Waals surface area contributed by atoms with E-state index in [1.54, 1.807) is 21.3 Å². The number of hydrogen-bond donors (Lipinski definition) is 1. The third-order valence-electron chi connectivity index (χ3n) is 4.90. The highest BCUT2D eigenvalue weighted by atomic mass is 16.5. The second-order valence-electron chi connectivity index (χ2n) is 6.52. The molecule has 0 atom stereocenters. The lowest BCUT2D eigenvalue weighted by atomic mass is 10.2. The zero-order valence-electron chi connectivity index (χ0n) is 16.6. The lowest BCUT2D eigenvalue weighted by Gasteiger charge is -2.36. The molecule has 1 heterocycles. The van der Waals surface area contributed by atoms with Crippen molar-refractivity contribution in [3.05, 3.63) is 48.0 Å². The average molecular weight is 385 g/mol. The van der Waals surface area contributed by atoms with E-state index in [1.165, 1.54) is 0 Å². The monoisotopic (exact) mass is 385 g/mol. The number of rotatable bonds is 6. The number of ether oxygens (including phenoxy) is 3. The van der Waals surface area contributed by atoms with Crippen LogP contribution in [0.5, 0.6) is 17.2 Å². The third kappa shape index (κ3) is 4.60. The Morgan fingerprint density at radius 2 is 1.54 bits per heavy atom. The second kappa shape index (κ2) is 9.21. The van der Waals surface area contributed by atoms with E-state index in [4.69, 9.17) is 14.2 Å². The van der Waals surface area contributed by atoms with Crippen LogP contribution in [0.15, 0.2) is 42.5 Å². The molecule has 1 saturated heterocycles. The molecule has 150 valence electrons. The van der Waals surface area contributed by atoms with E-state index in [0.29, 0.717) is 19.6 Å². The van der Waals surface area contributed by atoms with Crippen LogP contribution in [-0.4, -0.2) is 58.4 Å². The molecule has 1 aliphatic heterocycles. The van der Waals surface area contributed by atoms with Gasteiger partial charge in [-0.05, 0) is 29.8 Å². The number of carbonyl (C=O) groups excluding carboxylic acids is 1. The Morgan fingerprint density at radius 1 is 0.893 bits per heavy atom. The fourth-order valence-electron chi connectivity index (χ4n) is 3.23. The van der Waals surface area contributed by atoms with Gasteiger partial charge in [0.1, 0.15) is 17.2 Å². The molecule has 0 saturated carbocycles. The summed E-state index contributed by atoms with van der Waals surface area (Å²) in [6.45, 7) is 3.31. The number of urea groups is 1. The summed E-state index contributed by atoms with van der Waals surface area (Å²) in [4.78, 5) is 16.5. The van der Waals surface area contributed by atoms with Crippen LogP contribution < -0.4 is 24.4 Å². The summed E-state index contributed by atoms with van der Waals surface area (Å²) in [5.41, 5.74) is 2.05. The minimum atomic E-state index is -0.0443. The molecule has 1 aliphatic rings. The van der Waals surface area contributed by atoms with Gasteiger partial charge in [-0.2, -0.15) is 0 Å². The summed E-state index contributed by atoms with van der Waals surface area (Å²) >= 11 is 0. The molecule has 7 heteroatoms. The molecule has 28 heavy (non-hydrogen) atoms. The van der Waals surface area contributed by atoms with E-state index in [9.17, 15) is 4.79 Å². The molecule has 0 bridgehead atoms. The number of piperazine rings is 1. The molecule has 2 aromatic rings. The standard InChI is InChI=1S/C21H27N3O4/c1-26-17-6-4-16(5-7-17)15-22-21(25)24-12-10-23(11-13-24)19-9-8-18(27-2)14-20(19)28-3/h4-9,14H,10-13,15H2,1-3H3,(H,22,25). The molecular weight excluding hydrogens is 358 g/mol. The summed E-state index contributed by atoms with van der Waals surface area (Å²) in [6.07, 6.45) is 0. The summed E-state index contributed by atoms with van der Waals surface area (Å²) in [5, 5.41) is 2.98. The van der Waals surface area contributed by atoms with Crippen molar-refractivity contribution in [1.29, 1.82) is 0 Å². The molecule has 0 unspecified atom stereocenters. The maximum Gasteiger partial charge on any atom is 0.317 e. The van der Waals surface area contributed by atoms with Crippen LogP contribution in [0.2, 0.25) is 0 Å². The van der Waals surface area contributed by atoms with Crippen molar-refractivity contribution >= 4 is 11.7 Å². The van der Waals surface area contributed by atoms with Crippen molar-refractivity contribution in [3.8, 4) is 17.2 Å². The number of carbonyl (C=O) groups is 1. The van der Waals surface area contributed by atoms with Gasteiger partial charge in [-0.1, -0.05) is 12.1 Å². The molecule has 0 spiro atoms. The van der Waals surface area contributed by atoms with Gasteiger partial charge in [0.15, 0.2) is 0 Å². The molecule has 0 aromatic heterocycles. The fourth-order valence-corrected chi connectivity index (χ4v) is 3.23. The topological polar surface area (TPSA) is 63.3 Å². The van der Waals surface area contributed by atoms with E-state index >= 15 is 0 Å². The van der Waals surface area contributed by atoms with Crippen molar-refractivity contribution in [2.75, 3.05) is 52.4 Å². The molecule has 3 rings (SSSR count). The molecule has 2 aromatic carbocycles. The number of anilines is 1. The number of amides is 2. The Kier molecular flexibility index (Phi) is 6.47. The van der Waals surface area contributed by atoms with Crippen molar-refractivity contribution in [3.63, 3.8) is 0 Å². The largest absolute Gasteiger partial charge is 0.497 e. The van der Waals surface area contributed by atoms with Gasteiger partial charge in [-0.15, -0.1) is 0 Å². The molecular formula is C21H27N3O4. The molecule has 1 N–H and O–H groups in total. The fraction of sp³-hybridized carbons (Fsp3) is 0.381. The molecule has 1 fully saturated rings. The first-order valence-corrected chi connectivity index (χ1v) is 9.27. The Balaban J connectivity index is 1.52. The summed E-state index contributed by atoms with van der Waals surface area (Å²) < 4.78 is 15.9. The lowest BCUT2D eigenvalue weighted by Crippen LogP contribution is -2.51. The van der Waals surface area contributed by atoms with E-state index in [1.807, 2.05) is 47.4 Å². The molecule has 7 nitrogen and oxygen atoms in total. The summed E-state index contributed by atoms with van der Waals surface area (Å²) in [7, 11) is 4.93. The van der Waals surface area contributed by atoms with Crippen LogP contribution in [0.4, 0.5) is 10.5 Å². The summed E-state index contributed by atoms with van der Waals surface area (Å²) in [6, 6.07) is 13.4. The van der Waals surface area contributed by atoms with Gasteiger partial charge in [-0.3, -0.25) is 0 Å². The number of methoxy groups -OCH3 is 3. The molecule has 0 aliphatic carbocycles. The molecule has 2 amide bonds. The maximum absolute atomic E-state index is 12.5. The number of nitrogens with one attached hydrogen (secondary N) is 1. The van der Waals surface area contributed by atoms with Gasteiger partial charge in [0.2, 0.25) is 0 Å². The van der Waals surface area contributed by atoms with Crippen LogP contribution in [0, 0.1) is 0 Å². The van der Waals surface area contributed by atoms with Crippen LogP contribution in [-0.2, 0) is 6.54 Å². The van der Waals surface area contributed by atoms with E-state index in [-0.39, 0.29) is 6.03 Å². The van der Waals surface area contributed by atoms with Crippen LogP contribution in [0.1, 0.15) is 5.56 Å². The Bertz CT molecular complexity index is 787. The van der Waals surface area contributed by atoms with Crippen LogP contribution >= 0.6 is 0 Å². The van der Waals surface area contributed by atoms with Gasteiger partial charge in [0, 0.05) is 38.8 Å². The highest BCUT2D eigenvalue weighted by Gasteiger charge is 2.23. The van der Waals surface area contributed by atoms with Gasteiger partial charge < -0.3 is 29.3 Å². The number of benzene rings is 2. The normalized spacial score (nSPS) is 13.8. The lowest BCUT2D eigenvalue weighted by molar-refractivity contribution is 0.194. The predicted molar refractivity (Wildman–Crippen MR) is 109 cm³/mol. The first kappa shape index (κ1) is 19.7. The third-order valence-corrected chi connectivity index (χ3v) is 4.90. The maximum atomic E-state index is 12.5. The molecule has 0 radical (unpaired) electrons. The smallest absolute Gasteiger partial charge is 0.317 e. The van der Waals surface area contributed by atoms with Crippen molar-refractivity contribution in [2.45, 2.75) is 6.54 Å². The van der Waals surface area contributed by atoms with E-state index < -0.39 is 0 Å². The second-order valence-corrected chi connectivity index (χ2v) is 6.52. The van der Waals surface area contributed by atoms with Crippen molar-refractivity contribution in [1.82, 2.24) is 10.2 Å². The van der Waals surface area contributed by atoms with E-state index in [0.717, 1.165) is 41.6 Å². The summed E-state index contributed by atoms with van der Waals surface area (Å²) in [5.74, 6) is 2.34. The first-order valence-electron chi connectivity index (χ1n) is 9.27. The Hall–Kier alpha value is -3.09. The highest BCUT2D eigenvalue weighted by molar-refractivity contribution is 5.74. The minimum absolute atomic E-state index is 0.0443. The van der Waals surface area contributed by atoms with Crippen LogP contribution in [0.25, 0.3) is 0 Å². The average Bonchev–Trinajstić information content (AvgIpc) is 2.77. The van der Waals surface area contributed by atoms with Gasteiger partial charge >= 0.3 is 6.03 Å². The highest BCUT2D eigenvalue weighted by Crippen LogP contribution is 2.32. The van der Waals surface area contributed by atoms with Gasteiger partial charge in [0.05, 0.1) is 27.0 Å². The first-order chi connectivity index (χ1) is 13.6. The zero-order chi connectivity index (χ0) is 19.9. The minimum Gasteiger partial charge on any atom is -0.497 e. The van der Waals surface area contributed by atoms with Gasteiger partial charge in [0.25, 0.3) is 0 Å². The van der Waals surface area contributed by atoms with Crippen molar-refractivity contribution in [2.24, 2.45) is 0 Å². The Morgan fingerprint density at radius 3 is 2.14 bits per heavy atom.